The minimum Gasteiger partial charge on any atom is -0.464 e. The summed E-state index contributed by atoms with van der Waals surface area (Å²) in [6.45, 7) is 1.64. The highest BCUT2D eigenvalue weighted by Crippen LogP contribution is 2.14. The number of aromatic nitrogens is 1. The van der Waals surface area contributed by atoms with Crippen LogP contribution < -0.4 is 5.14 Å². The Kier molecular flexibility index (Phi) is 3.06. The first-order valence-corrected chi connectivity index (χ1v) is 5.48. The van der Waals surface area contributed by atoms with Gasteiger partial charge in [-0.15, -0.1) is 0 Å². The zero-order chi connectivity index (χ0) is 11.6. The van der Waals surface area contributed by atoms with Crippen LogP contribution in [0.5, 0.6) is 0 Å². The van der Waals surface area contributed by atoms with Crippen LogP contribution in [0.3, 0.4) is 0 Å². The second-order valence-corrected chi connectivity index (χ2v) is 4.43. The molecule has 0 aliphatic carbocycles. The van der Waals surface area contributed by atoms with E-state index in [9.17, 15) is 13.2 Å². The Balaban J connectivity index is 3.47. The number of rotatable bonds is 2. The number of primary sulfonamides is 1. The SMILES string of the molecule is COC(=O)c1ncc(C)cc1S(N)(=O)=O. The van der Waals surface area contributed by atoms with Crippen LogP contribution in [0.4, 0.5) is 0 Å². The first-order chi connectivity index (χ1) is 6.86. The minimum absolute atomic E-state index is 0.300. The molecule has 1 heterocycles. The Morgan fingerprint density at radius 2 is 2.13 bits per heavy atom. The molecule has 0 radical (unpaired) electrons. The molecule has 7 heteroatoms. The topological polar surface area (TPSA) is 99.3 Å². The molecule has 0 unspecified atom stereocenters. The van der Waals surface area contributed by atoms with Crippen molar-refractivity contribution in [2.24, 2.45) is 5.14 Å². The van der Waals surface area contributed by atoms with E-state index < -0.39 is 16.0 Å². The van der Waals surface area contributed by atoms with Gasteiger partial charge in [0.25, 0.3) is 0 Å². The highest BCUT2D eigenvalue weighted by Gasteiger charge is 2.21. The summed E-state index contributed by atoms with van der Waals surface area (Å²) in [6, 6.07) is 1.27. The Labute approximate surface area is 87.1 Å². The number of carbonyl (C=O) groups excluding carboxylic acids is 1. The van der Waals surface area contributed by atoms with Gasteiger partial charge in [0, 0.05) is 6.20 Å². The summed E-state index contributed by atoms with van der Waals surface area (Å²) >= 11 is 0. The number of pyridine rings is 1. The molecule has 1 aromatic rings. The number of aryl methyl sites for hydroxylation is 1. The van der Waals surface area contributed by atoms with Gasteiger partial charge in [-0.3, -0.25) is 0 Å². The highest BCUT2D eigenvalue weighted by atomic mass is 32.2. The van der Waals surface area contributed by atoms with Crippen molar-refractivity contribution in [3.63, 3.8) is 0 Å². The maximum absolute atomic E-state index is 11.2. The van der Waals surface area contributed by atoms with Crippen molar-refractivity contribution in [2.45, 2.75) is 11.8 Å². The molecule has 0 amide bonds. The number of nitrogens with zero attached hydrogens (tertiary/aromatic N) is 1. The van der Waals surface area contributed by atoms with Gasteiger partial charge in [0.1, 0.15) is 4.90 Å². The zero-order valence-corrected chi connectivity index (χ0v) is 9.04. The van der Waals surface area contributed by atoms with Crippen LogP contribution in [0.2, 0.25) is 0 Å². The molecular formula is C8H10N2O4S. The van der Waals surface area contributed by atoms with Gasteiger partial charge in [0.05, 0.1) is 7.11 Å². The van der Waals surface area contributed by atoms with Gasteiger partial charge >= 0.3 is 5.97 Å². The minimum atomic E-state index is -3.97. The maximum Gasteiger partial charge on any atom is 0.358 e. The fraction of sp³-hybridized carbons (Fsp3) is 0.250. The summed E-state index contributed by atoms with van der Waals surface area (Å²) in [7, 11) is -2.84. The molecule has 0 spiro atoms. The third kappa shape index (κ3) is 2.51. The molecule has 0 atom stereocenters. The lowest BCUT2D eigenvalue weighted by molar-refractivity contribution is 0.0589. The van der Waals surface area contributed by atoms with E-state index in [0.717, 1.165) is 7.11 Å². The van der Waals surface area contributed by atoms with Crippen molar-refractivity contribution in [2.75, 3.05) is 7.11 Å². The van der Waals surface area contributed by atoms with Gasteiger partial charge < -0.3 is 4.74 Å². The molecule has 0 aromatic carbocycles. The molecule has 0 aliphatic heterocycles. The van der Waals surface area contributed by atoms with Crippen molar-refractivity contribution in [3.05, 3.63) is 23.5 Å². The first-order valence-electron chi connectivity index (χ1n) is 3.94. The molecule has 1 rings (SSSR count). The summed E-state index contributed by atoms with van der Waals surface area (Å²) < 4.78 is 26.7. The van der Waals surface area contributed by atoms with E-state index in [2.05, 4.69) is 9.72 Å². The molecule has 2 N–H and O–H groups in total. The van der Waals surface area contributed by atoms with E-state index >= 15 is 0 Å². The molecule has 6 nitrogen and oxygen atoms in total. The van der Waals surface area contributed by atoms with Gasteiger partial charge in [-0.2, -0.15) is 0 Å². The summed E-state index contributed by atoms with van der Waals surface area (Å²) in [5.74, 6) is -0.834. The van der Waals surface area contributed by atoms with E-state index in [-0.39, 0.29) is 10.6 Å². The smallest absolute Gasteiger partial charge is 0.358 e. The fourth-order valence-electron chi connectivity index (χ4n) is 1.01. The number of ether oxygens (including phenoxy) is 1. The Morgan fingerprint density at radius 3 is 2.60 bits per heavy atom. The summed E-state index contributed by atoms with van der Waals surface area (Å²) in [6.07, 6.45) is 1.36. The predicted octanol–water partition coefficient (Wildman–Crippen LogP) is -0.176. The maximum atomic E-state index is 11.2. The van der Waals surface area contributed by atoms with Gasteiger partial charge in [-0.1, -0.05) is 0 Å². The molecule has 0 saturated carbocycles. The van der Waals surface area contributed by atoms with Crippen LogP contribution in [-0.4, -0.2) is 26.5 Å². The van der Waals surface area contributed by atoms with Crippen LogP contribution in [0.15, 0.2) is 17.2 Å². The fourth-order valence-corrected chi connectivity index (χ4v) is 1.76. The Morgan fingerprint density at radius 1 is 1.53 bits per heavy atom. The quantitative estimate of drug-likeness (QED) is 0.711. The second-order valence-electron chi connectivity index (χ2n) is 2.90. The third-order valence-electron chi connectivity index (χ3n) is 1.67. The van der Waals surface area contributed by atoms with E-state index in [1.54, 1.807) is 6.92 Å². The van der Waals surface area contributed by atoms with Crippen molar-refractivity contribution in [1.82, 2.24) is 4.98 Å². The van der Waals surface area contributed by atoms with E-state index in [1.807, 2.05) is 0 Å². The molecular weight excluding hydrogens is 220 g/mol. The van der Waals surface area contributed by atoms with E-state index in [0.29, 0.717) is 5.56 Å². The normalized spacial score (nSPS) is 11.1. The number of carbonyl (C=O) groups is 1. The van der Waals surface area contributed by atoms with Gasteiger partial charge in [-0.25, -0.2) is 23.3 Å². The highest BCUT2D eigenvalue weighted by molar-refractivity contribution is 7.89. The average molecular weight is 230 g/mol. The molecule has 0 aliphatic rings. The van der Waals surface area contributed by atoms with E-state index in [1.165, 1.54) is 12.3 Å². The van der Waals surface area contributed by atoms with Gasteiger partial charge in [-0.05, 0) is 18.6 Å². The van der Waals surface area contributed by atoms with Gasteiger partial charge in [0.15, 0.2) is 5.69 Å². The van der Waals surface area contributed by atoms with E-state index in [4.69, 9.17) is 5.14 Å². The average Bonchev–Trinajstić information content (AvgIpc) is 2.15. The van der Waals surface area contributed by atoms with Crippen LogP contribution in [0.1, 0.15) is 16.1 Å². The number of nitrogens with two attached hydrogens (primary N) is 1. The first kappa shape index (κ1) is 11.6. The van der Waals surface area contributed by atoms with Crippen LogP contribution in [0, 0.1) is 6.92 Å². The summed E-state index contributed by atoms with van der Waals surface area (Å²) in [4.78, 5) is 14.5. The Hall–Kier alpha value is -1.47. The van der Waals surface area contributed by atoms with Crippen LogP contribution in [-0.2, 0) is 14.8 Å². The molecule has 82 valence electrons. The molecule has 0 bridgehead atoms. The lowest BCUT2D eigenvalue weighted by Crippen LogP contribution is -2.19. The van der Waals surface area contributed by atoms with Crippen molar-refractivity contribution in [1.29, 1.82) is 0 Å². The lowest BCUT2D eigenvalue weighted by atomic mass is 10.3. The standard InChI is InChI=1S/C8H10N2O4S/c1-5-3-6(15(9,12)13)7(10-4-5)8(11)14-2/h3-4H,1-2H3,(H2,9,12,13). The van der Waals surface area contributed by atoms with Crippen molar-refractivity contribution < 1.29 is 17.9 Å². The van der Waals surface area contributed by atoms with Crippen molar-refractivity contribution in [3.8, 4) is 0 Å². The van der Waals surface area contributed by atoms with Crippen molar-refractivity contribution >= 4 is 16.0 Å². The van der Waals surface area contributed by atoms with Crippen LogP contribution in [0.25, 0.3) is 0 Å². The number of sulfonamides is 1. The monoisotopic (exact) mass is 230 g/mol. The summed E-state index contributed by atoms with van der Waals surface area (Å²) in [5, 5.41) is 4.94. The number of hydrogen-bond acceptors (Lipinski definition) is 5. The largest absolute Gasteiger partial charge is 0.464 e. The molecule has 15 heavy (non-hydrogen) atoms. The number of esters is 1. The second kappa shape index (κ2) is 3.95. The zero-order valence-electron chi connectivity index (χ0n) is 8.22. The van der Waals surface area contributed by atoms with Crippen LogP contribution >= 0.6 is 0 Å². The lowest BCUT2D eigenvalue weighted by Gasteiger charge is -2.05. The molecule has 0 fully saturated rings. The summed E-state index contributed by atoms with van der Waals surface area (Å²) in [5.41, 5.74) is 0.289. The molecule has 0 saturated heterocycles. The number of methoxy groups -OCH3 is 1. The predicted molar refractivity (Wildman–Crippen MR) is 51.7 cm³/mol. The van der Waals surface area contributed by atoms with Gasteiger partial charge in [0.2, 0.25) is 10.0 Å². The molecule has 1 aromatic heterocycles. The third-order valence-corrected chi connectivity index (χ3v) is 2.60. The Bertz CT molecular complexity index is 495. The number of hydrogen-bond donors (Lipinski definition) is 1.